The number of benzene rings is 1. The van der Waals surface area contributed by atoms with E-state index in [1.807, 2.05) is 33.2 Å². The Bertz CT molecular complexity index is 1150. The summed E-state index contributed by atoms with van der Waals surface area (Å²) in [6.07, 6.45) is 8.04. The van der Waals surface area contributed by atoms with Gasteiger partial charge in [-0.3, -0.25) is 4.98 Å². The molecule has 176 valence electrons. The van der Waals surface area contributed by atoms with Gasteiger partial charge in [0.15, 0.2) is 0 Å². The molecule has 1 N–H and O–H groups in total. The summed E-state index contributed by atoms with van der Waals surface area (Å²) in [5.74, 6) is 0.583. The molecule has 1 amide bonds. The van der Waals surface area contributed by atoms with Gasteiger partial charge in [0.05, 0.1) is 29.3 Å². The van der Waals surface area contributed by atoms with Crippen LogP contribution in [0.4, 0.5) is 4.79 Å². The molecule has 2 aromatic heterocycles. The van der Waals surface area contributed by atoms with Gasteiger partial charge < -0.3 is 10.1 Å². The number of carbonyl (C=O) groups is 1. The van der Waals surface area contributed by atoms with E-state index < -0.39 is 17.2 Å². The second-order valence-electron chi connectivity index (χ2n) is 9.72. The number of hydrogen-bond acceptors (Lipinski definition) is 4. The largest absolute Gasteiger partial charge is 0.444 e. The Balaban J connectivity index is 1.68. The molecule has 1 fully saturated rings. The van der Waals surface area contributed by atoms with Gasteiger partial charge in [-0.15, -0.1) is 0 Å². The van der Waals surface area contributed by atoms with Gasteiger partial charge >= 0.3 is 6.09 Å². The van der Waals surface area contributed by atoms with Crippen LogP contribution >= 0.6 is 28.4 Å². The summed E-state index contributed by atoms with van der Waals surface area (Å²) in [6.45, 7) is 9.79. The quantitative estimate of drug-likeness (QED) is 0.236. The van der Waals surface area contributed by atoms with E-state index in [-0.39, 0.29) is 0 Å². The lowest BCUT2D eigenvalue weighted by Crippen LogP contribution is -2.47. The molecule has 0 aliphatic heterocycles. The summed E-state index contributed by atoms with van der Waals surface area (Å²) in [7, 11) is 0. The van der Waals surface area contributed by atoms with Gasteiger partial charge in [-0.25, -0.2) is 9.25 Å². The first-order chi connectivity index (χ1) is 15.7. The fourth-order valence-corrected chi connectivity index (χ4v) is 6.01. The van der Waals surface area contributed by atoms with Crippen LogP contribution in [0.1, 0.15) is 77.3 Å². The monoisotopic (exact) mass is 578 g/mol. The molecule has 33 heavy (non-hydrogen) atoms. The third-order valence-electron chi connectivity index (χ3n) is 6.40. The highest BCUT2D eigenvalue weighted by Gasteiger charge is 2.33. The zero-order chi connectivity index (χ0) is 23.8. The number of fused-ring (bicyclic) bond motifs is 1. The lowest BCUT2D eigenvalue weighted by Gasteiger charge is -2.34. The van der Waals surface area contributed by atoms with Crippen LogP contribution in [0.25, 0.3) is 22.2 Å². The van der Waals surface area contributed by atoms with Crippen molar-refractivity contribution < 1.29 is 9.53 Å². The first-order valence-electron chi connectivity index (χ1n) is 11.6. The van der Waals surface area contributed by atoms with E-state index in [0.29, 0.717) is 12.3 Å². The van der Waals surface area contributed by atoms with Crippen LogP contribution in [0, 0.1) is 0 Å². The van der Waals surface area contributed by atoms with Crippen LogP contribution in [0.2, 0.25) is 0 Å². The molecule has 1 unspecified atom stereocenters. The van der Waals surface area contributed by atoms with Crippen molar-refractivity contribution in [3.8, 4) is 11.3 Å². The van der Waals surface area contributed by atoms with Crippen molar-refractivity contribution in [3.05, 3.63) is 47.8 Å². The minimum atomic E-state index is -0.539. The second-order valence-corrected chi connectivity index (χ2v) is 11.8. The Morgan fingerprint density at radius 2 is 1.91 bits per heavy atom. The van der Waals surface area contributed by atoms with Crippen LogP contribution < -0.4 is 5.32 Å². The minimum Gasteiger partial charge on any atom is -0.444 e. The molecule has 1 atom stereocenters. The molecular weight excluding hydrogens is 546 g/mol. The summed E-state index contributed by atoms with van der Waals surface area (Å²) in [5, 5.41) is 8.96. The number of pyridine rings is 1. The Labute approximate surface area is 210 Å². The molecule has 0 spiro atoms. The minimum absolute atomic E-state index is 0.398. The highest BCUT2D eigenvalue weighted by Crippen LogP contribution is 2.48. The van der Waals surface area contributed by atoms with Crippen LogP contribution in [0.5, 0.6) is 0 Å². The van der Waals surface area contributed by atoms with Crippen molar-refractivity contribution in [2.45, 2.75) is 77.4 Å². The topological polar surface area (TPSA) is 69.0 Å². The fraction of sp³-hybridized carbons (Fsp3) is 0.480. The van der Waals surface area contributed by atoms with E-state index in [2.05, 4.69) is 75.0 Å². The number of rotatable bonds is 7. The predicted molar refractivity (Wildman–Crippen MR) is 144 cm³/mol. The van der Waals surface area contributed by atoms with Gasteiger partial charge in [0, 0.05) is 17.1 Å². The fourth-order valence-electron chi connectivity index (χ4n) is 4.47. The van der Waals surface area contributed by atoms with E-state index in [1.165, 1.54) is 34.9 Å². The Morgan fingerprint density at radius 1 is 1.18 bits per heavy atom. The van der Waals surface area contributed by atoms with Crippen LogP contribution in [0.3, 0.4) is 0 Å². The maximum absolute atomic E-state index is 12.6. The summed E-state index contributed by atoms with van der Waals surface area (Å²) in [5.41, 5.74) is 4.66. The molecule has 0 saturated heterocycles. The summed E-state index contributed by atoms with van der Waals surface area (Å²) < 4.78 is 7.60. The van der Waals surface area contributed by atoms with Gasteiger partial charge in [0.1, 0.15) is 5.60 Å². The van der Waals surface area contributed by atoms with Gasteiger partial charge in [0.2, 0.25) is 0 Å². The van der Waals surface area contributed by atoms with E-state index in [9.17, 15) is 4.79 Å². The molecule has 3 aromatic rings. The zero-order valence-corrected chi connectivity index (χ0v) is 23.1. The van der Waals surface area contributed by atoms with Crippen molar-refractivity contribution in [2.75, 3.05) is 0 Å². The van der Waals surface area contributed by atoms with Crippen molar-refractivity contribution >= 4 is 45.4 Å². The standard InChI is InChI=1S/C25H32IN4O2P/c1-6-25(7-2,29-23(31)32-24(3,4)5)17-10-12-20(27-14-17)18-11-13-21-19(15-28-30(21)33-26)22(18)16-8-9-16/h10-16,33H,6-9H2,1-5H3,(H,29,31). The average molecular weight is 578 g/mol. The number of halogens is 1. The normalized spacial score (nSPS) is 14.8. The number of carbonyl (C=O) groups excluding carboxylic acids is 1. The average Bonchev–Trinajstić information content (AvgIpc) is 3.54. The van der Waals surface area contributed by atoms with Crippen molar-refractivity contribution in [1.29, 1.82) is 0 Å². The Hall–Kier alpha value is -1.73. The SMILES string of the molecule is CCC(CC)(NC(=O)OC(C)(C)C)c1ccc(-c2ccc3c(cnn3PI)c2C2CC2)nc1. The number of nitrogens with zero attached hydrogens (tertiary/aromatic N) is 3. The summed E-state index contributed by atoms with van der Waals surface area (Å²) in [4.78, 5) is 17.4. The molecule has 1 aromatic carbocycles. The number of ether oxygens (including phenoxy) is 1. The molecule has 1 saturated carbocycles. The molecule has 0 bridgehead atoms. The first-order valence-corrected chi connectivity index (χ1v) is 15.6. The zero-order valence-electron chi connectivity index (χ0n) is 19.9. The highest BCUT2D eigenvalue weighted by molar-refractivity contribution is 14.2. The molecule has 0 radical (unpaired) electrons. The molecule has 1 aliphatic rings. The second kappa shape index (κ2) is 9.49. The third-order valence-corrected chi connectivity index (χ3v) is 8.29. The molecule has 8 heteroatoms. The number of amides is 1. The van der Waals surface area contributed by atoms with E-state index >= 15 is 0 Å². The Morgan fingerprint density at radius 3 is 2.45 bits per heavy atom. The number of aromatic nitrogens is 3. The van der Waals surface area contributed by atoms with Crippen LogP contribution in [-0.4, -0.2) is 26.2 Å². The molecule has 4 rings (SSSR count). The molecule has 6 nitrogen and oxygen atoms in total. The molecule has 2 heterocycles. The van der Waals surface area contributed by atoms with Crippen molar-refractivity contribution in [2.24, 2.45) is 0 Å². The van der Waals surface area contributed by atoms with Crippen LogP contribution in [-0.2, 0) is 10.3 Å². The van der Waals surface area contributed by atoms with Crippen molar-refractivity contribution in [3.63, 3.8) is 0 Å². The van der Waals surface area contributed by atoms with E-state index in [4.69, 9.17) is 9.72 Å². The van der Waals surface area contributed by atoms with Gasteiger partial charge in [-0.05, 0) is 97.7 Å². The maximum Gasteiger partial charge on any atom is 0.408 e. The third kappa shape index (κ3) is 5.04. The van der Waals surface area contributed by atoms with E-state index in [0.717, 1.165) is 24.1 Å². The van der Waals surface area contributed by atoms with Gasteiger partial charge in [-0.2, -0.15) is 5.10 Å². The maximum atomic E-state index is 12.6. The summed E-state index contributed by atoms with van der Waals surface area (Å²) in [6, 6.07) is 8.54. The Kier molecular flexibility index (Phi) is 7.02. The highest BCUT2D eigenvalue weighted by atomic mass is 127. The lowest BCUT2D eigenvalue weighted by molar-refractivity contribution is 0.0443. The smallest absolute Gasteiger partial charge is 0.408 e. The number of hydrogen-bond donors (Lipinski definition) is 1. The summed E-state index contributed by atoms with van der Waals surface area (Å²) >= 11 is 2.37. The molecular formula is C25H32IN4O2P. The first kappa shape index (κ1) is 24.4. The van der Waals surface area contributed by atoms with Crippen molar-refractivity contribution in [1.82, 2.24) is 19.9 Å². The predicted octanol–water partition coefficient (Wildman–Crippen LogP) is 7.31. The number of alkyl carbamates (subject to hydrolysis) is 1. The van der Waals surface area contributed by atoms with Crippen LogP contribution in [0.15, 0.2) is 36.7 Å². The van der Waals surface area contributed by atoms with E-state index in [1.54, 1.807) is 0 Å². The van der Waals surface area contributed by atoms with Gasteiger partial charge in [0.25, 0.3) is 0 Å². The lowest BCUT2D eigenvalue weighted by atomic mass is 9.85. The molecule has 1 aliphatic carbocycles. The van der Waals surface area contributed by atoms with Gasteiger partial charge in [-0.1, -0.05) is 26.0 Å². The number of nitrogens with one attached hydrogen (secondary N) is 1.